The summed E-state index contributed by atoms with van der Waals surface area (Å²) in [6.45, 7) is 1.93. The first-order chi connectivity index (χ1) is 9.61. The molecule has 0 atom stereocenters. The Morgan fingerprint density at radius 1 is 1.20 bits per heavy atom. The van der Waals surface area contributed by atoms with Crippen molar-refractivity contribution in [3.63, 3.8) is 0 Å². The third kappa shape index (κ3) is 2.06. The molecular formula is C14H17ClN4O. The van der Waals surface area contributed by atoms with Crippen molar-refractivity contribution in [2.45, 2.75) is 32.6 Å². The van der Waals surface area contributed by atoms with Gasteiger partial charge >= 0.3 is 0 Å². The van der Waals surface area contributed by atoms with Crippen molar-refractivity contribution in [3.05, 3.63) is 22.1 Å². The van der Waals surface area contributed by atoms with Crippen LogP contribution in [0.4, 0.5) is 0 Å². The molecule has 0 bridgehead atoms. The first-order valence-electron chi connectivity index (χ1n) is 6.75. The molecule has 0 aliphatic heterocycles. The lowest BCUT2D eigenvalue weighted by molar-refractivity contribution is 0.374. The number of nitrogens with zero attached hydrogens (tertiary/aromatic N) is 4. The molecule has 20 heavy (non-hydrogen) atoms. The molecule has 2 aromatic heterocycles. The second kappa shape index (κ2) is 5.05. The second-order valence-corrected chi connectivity index (χ2v) is 5.42. The maximum Gasteiger partial charge on any atom is 0.222 e. The highest BCUT2D eigenvalue weighted by atomic mass is 35.5. The molecule has 2 heterocycles. The van der Waals surface area contributed by atoms with Crippen LogP contribution in [-0.4, -0.2) is 26.9 Å². The van der Waals surface area contributed by atoms with Crippen molar-refractivity contribution in [2.75, 3.05) is 7.11 Å². The number of fused-ring (bicyclic) bond motifs is 1. The van der Waals surface area contributed by atoms with Gasteiger partial charge in [-0.25, -0.2) is 14.6 Å². The molecule has 1 aliphatic carbocycles. The van der Waals surface area contributed by atoms with Crippen molar-refractivity contribution in [3.8, 4) is 17.3 Å². The summed E-state index contributed by atoms with van der Waals surface area (Å²) in [5.41, 5.74) is 3.83. The molecule has 0 fully saturated rings. The van der Waals surface area contributed by atoms with E-state index < -0.39 is 0 Å². The van der Waals surface area contributed by atoms with Crippen molar-refractivity contribution < 1.29 is 4.74 Å². The summed E-state index contributed by atoms with van der Waals surface area (Å²) in [5, 5.41) is 4.93. The van der Waals surface area contributed by atoms with Crippen molar-refractivity contribution in [1.29, 1.82) is 0 Å². The molecule has 0 unspecified atom stereocenters. The summed E-state index contributed by atoms with van der Waals surface area (Å²) in [4.78, 5) is 9.16. The lowest BCUT2D eigenvalue weighted by atomic mass is 9.97. The van der Waals surface area contributed by atoms with Gasteiger partial charge < -0.3 is 4.74 Å². The lowest BCUT2D eigenvalue weighted by Gasteiger charge is -2.16. The zero-order valence-electron chi connectivity index (χ0n) is 11.9. The minimum atomic E-state index is 0.565. The quantitative estimate of drug-likeness (QED) is 0.799. The number of methoxy groups -OCH3 is 1. The summed E-state index contributed by atoms with van der Waals surface area (Å²) in [6, 6.07) is 0. The average molecular weight is 293 g/mol. The van der Waals surface area contributed by atoms with Gasteiger partial charge in [0.2, 0.25) is 5.88 Å². The number of aryl methyl sites for hydroxylation is 3. The predicted octanol–water partition coefficient (Wildman–Crippen LogP) is 2.73. The maximum atomic E-state index is 6.33. The molecular weight excluding hydrogens is 276 g/mol. The van der Waals surface area contributed by atoms with E-state index in [0.717, 1.165) is 48.2 Å². The van der Waals surface area contributed by atoms with Crippen molar-refractivity contribution in [1.82, 2.24) is 19.7 Å². The fraction of sp³-hybridized carbons (Fsp3) is 0.500. The van der Waals surface area contributed by atoms with Crippen LogP contribution in [0.25, 0.3) is 11.4 Å². The molecule has 0 spiro atoms. The zero-order valence-corrected chi connectivity index (χ0v) is 12.7. The molecule has 0 radical (unpaired) electrons. The van der Waals surface area contributed by atoms with Gasteiger partial charge in [0, 0.05) is 18.3 Å². The predicted molar refractivity (Wildman–Crippen MR) is 77.2 cm³/mol. The number of rotatable bonds is 2. The maximum absolute atomic E-state index is 6.33. The molecule has 6 heteroatoms. The van der Waals surface area contributed by atoms with E-state index in [9.17, 15) is 0 Å². The number of hydrogen-bond donors (Lipinski definition) is 0. The molecule has 0 N–H and O–H groups in total. The van der Waals surface area contributed by atoms with E-state index in [1.54, 1.807) is 11.8 Å². The fourth-order valence-electron chi connectivity index (χ4n) is 2.79. The second-order valence-electron chi connectivity index (χ2n) is 5.06. The first-order valence-corrected chi connectivity index (χ1v) is 7.13. The van der Waals surface area contributed by atoms with Crippen LogP contribution >= 0.6 is 11.6 Å². The highest BCUT2D eigenvalue weighted by Crippen LogP contribution is 2.33. The third-order valence-corrected chi connectivity index (χ3v) is 4.03. The Hall–Kier alpha value is -1.62. The molecule has 0 aromatic carbocycles. The summed E-state index contributed by atoms with van der Waals surface area (Å²) >= 11 is 6.33. The average Bonchev–Trinajstić information content (AvgIpc) is 2.72. The van der Waals surface area contributed by atoms with E-state index in [2.05, 4.69) is 10.1 Å². The Kier molecular flexibility index (Phi) is 3.38. The van der Waals surface area contributed by atoms with E-state index in [-0.39, 0.29) is 0 Å². The van der Waals surface area contributed by atoms with Gasteiger partial charge in [-0.2, -0.15) is 5.10 Å². The molecule has 1 aliphatic rings. The smallest absolute Gasteiger partial charge is 0.222 e. The Morgan fingerprint density at radius 2 is 1.95 bits per heavy atom. The summed E-state index contributed by atoms with van der Waals surface area (Å²) in [7, 11) is 3.47. The molecule has 0 amide bonds. The van der Waals surface area contributed by atoms with Crippen LogP contribution in [-0.2, 0) is 19.9 Å². The summed E-state index contributed by atoms with van der Waals surface area (Å²) < 4.78 is 7.11. The largest absolute Gasteiger partial charge is 0.481 e. The Bertz CT molecular complexity index is 666. The van der Waals surface area contributed by atoms with E-state index in [0.29, 0.717) is 16.9 Å². The minimum absolute atomic E-state index is 0.565. The fourth-order valence-corrected chi connectivity index (χ4v) is 3.07. The van der Waals surface area contributed by atoms with Gasteiger partial charge in [-0.1, -0.05) is 11.6 Å². The van der Waals surface area contributed by atoms with Gasteiger partial charge in [0.25, 0.3) is 0 Å². The van der Waals surface area contributed by atoms with Crippen LogP contribution in [0, 0.1) is 6.92 Å². The number of ether oxygens (including phenoxy) is 1. The van der Waals surface area contributed by atoms with E-state index >= 15 is 0 Å². The van der Waals surface area contributed by atoms with Crippen LogP contribution in [0.3, 0.4) is 0 Å². The zero-order chi connectivity index (χ0) is 14.3. The van der Waals surface area contributed by atoms with Crippen LogP contribution in [0.15, 0.2) is 0 Å². The molecule has 106 valence electrons. The Balaban J connectivity index is 2.18. The van der Waals surface area contributed by atoms with Crippen molar-refractivity contribution >= 4 is 11.6 Å². The lowest BCUT2D eigenvalue weighted by Crippen LogP contribution is -2.09. The normalized spacial score (nSPS) is 14.2. The SMILES string of the molecule is COc1c(-c2nc(Cl)c3c(n2)CCCC3)c(C)nn1C. The van der Waals surface area contributed by atoms with E-state index in [1.165, 1.54) is 0 Å². The van der Waals surface area contributed by atoms with Crippen LogP contribution in [0.2, 0.25) is 5.15 Å². The molecule has 2 aromatic rings. The van der Waals surface area contributed by atoms with Gasteiger partial charge in [-0.15, -0.1) is 0 Å². The van der Waals surface area contributed by atoms with Gasteiger partial charge in [-0.3, -0.25) is 0 Å². The molecule has 3 rings (SSSR count). The standard InChI is InChI=1S/C14H17ClN4O/c1-8-11(14(20-3)19(2)18-8)13-16-10-7-5-4-6-9(10)12(15)17-13/h4-7H2,1-3H3. The molecule has 0 saturated carbocycles. The summed E-state index contributed by atoms with van der Waals surface area (Å²) in [5.74, 6) is 1.27. The van der Waals surface area contributed by atoms with Crippen LogP contribution in [0.1, 0.15) is 29.8 Å². The number of aromatic nitrogens is 4. The number of halogens is 1. The van der Waals surface area contributed by atoms with Crippen LogP contribution < -0.4 is 4.74 Å². The topological polar surface area (TPSA) is 52.8 Å². The highest BCUT2D eigenvalue weighted by molar-refractivity contribution is 6.30. The number of hydrogen-bond acceptors (Lipinski definition) is 4. The molecule has 0 saturated heterocycles. The Labute approximate surface area is 123 Å². The minimum Gasteiger partial charge on any atom is -0.481 e. The Morgan fingerprint density at radius 3 is 2.70 bits per heavy atom. The van der Waals surface area contributed by atoms with Gasteiger partial charge in [0.05, 0.1) is 12.8 Å². The van der Waals surface area contributed by atoms with Gasteiger partial charge in [-0.05, 0) is 32.6 Å². The van der Waals surface area contributed by atoms with Gasteiger partial charge in [0.15, 0.2) is 5.82 Å². The highest BCUT2D eigenvalue weighted by Gasteiger charge is 2.22. The van der Waals surface area contributed by atoms with Crippen LogP contribution in [0.5, 0.6) is 5.88 Å². The van der Waals surface area contributed by atoms with E-state index in [4.69, 9.17) is 21.3 Å². The van der Waals surface area contributed by atoms with E-state index in [1.807, 2.05) is 14.0 Å². The summed E-state index contributed by atoms with van der Waals surface area (Å²) in [6.07, 6.45) is 4.25. The van der Waals surface area contributed by atoms with Crippen molar-refractivity contribution in [2.24, 2.45) is 7.05 Å². The third-order valence-electron chi connectivity index (χ3n) is 3.72. The molecule has 5 nitrogen and oxygen atoms in total. The monoisotopic (exact) mass is 292 g/mol. The first kappa shape index (κ1) is 13.4. The van der Waals surface area contributed by atoms with Gasteiger partial charge in [0.1, 0.15) is 10.7 Å².